The Morgan fingerprint density at radius 2 is 1.95 bits per heavy atom. The normalized spacial score (nSPS) is 27.1. The zero-order valence-electron chi connectivity index (χ0n) is 13.2. The van der Waals surface area contributed by atoms with E-state index in [1.807, 2.05) is 12.1 Å². The van der Waals surface area contributed by atoms with E-state index in [2.05, 4.69) is 39.8 Å². The molecular formula is C18H28O2. The molecule has 0 aliphatic heterocycles. The Morgan fingerprint density at radius 3 is 2.55 bits per heavy atom. The van der Waals surface area contributed by atoms with Crippen molar-refractivity contribution in [1.29, 1.82) is 0 Å². The van der Waals surface area contributed by atoms with Gasteiger partial charge in [-0.2, -0.15) is 0 Å². The molecule has 2 nitrogen and oxygen atoms in total. The molecule has 3 unspecified atom stereocenters. The minimum absolute atomic E-state index is 0.0757. The Hall–Kier alpha value is -1.02. The van der Waals surface area contributed by atoms with Crippen LogP contribution >= 0.6 is 0 Å². The molecule has 0 saturated heterocycles. The van der Waals surface area contributed by atoms with E-state index >= 15 is 0 Å². The SMILES string of the molecule is CCC(C)c1ccc(OC2CC(C)(C)CCC2O)cc1. The average Bonchev–Trinajstić information content (AvgIpc) is 2.43. The summed E-state index contributed by atoms with van der Waals surface area (Å²) in [7, 11) is 0. The lowest BCUT2D eigenvalue weighted by molar-refractivity contribution is -0.0304. The van der Waals surface area contributed by atoms with E-state index in [-0.39, 0.29) is 17.6 Å². The van der Waals surface area contributed by atoms with Gasteiger partial charge >= 0.3 is 0 Å². The third-order valence-electron chi connectivity index (χ3n) is 4.65. The minimum Gasteiger partial charge on any atom is -0.488 e. The Kier molecular flexibility index (Phi) is 4.74. The van der Waals surface area contributed by atoms with Gasteiger partial charge in [-0.3, -0.25) is 0 Å². The molecule has 2 heteroatoms. The third-order valence-corrected chi connectivity index (χ3v) is 4.65. The lowest BCUT2D eigenvalue weighted by Gasteiger charge is -2.38. The first-order valence-corrected chi connectivity index (χ1v) is 7.86. The molecule has 1 aliphatic rings. The fourth-order valence-corrected chi connectivity index (χ4v) is 2.91. The summed E-state index contributed by atoms with van der Waals surface area (Å²) in [6.07, 6.45) is 3.56. The maximum absolute atomic E-state index is 10.1. The molecule has 0 aromatic heterocycles. The molecule has 1 aromatic rings. The van der Waals surface area contributed by atoms with E-state index in [1.165, 1.54) is 5.56 Å². The predicted molar refractivity (Wildman–Crippen MR) is 83.2 cm³/mol. The number of aliphatic hydroxyl groups is 1. The molecule has 0 amide bonds. The summed E-state index contributed by atoms with van der Waals surface area (Å²) in [5.74, 6) is 1.46. The highest BCUT2D eigenvalue weighted by molar-refractivity contribution is 5.29. The van der Waals surface area contributed by atoms with Gasteiger partial charge in [-0.25, -0.2) is 0 Å². The zero-order valence-corrected chi connectivity index (χ0v) is 13.2. The van der Waals surface area contributed by atoms with Crippen molar-refractivity contribution in [2.24, 2.45) is 5.41 Å². The molecule has 1 saturated carbocycles. The van der Waals surface area contributed by atoms with Gasteiger partial charge in [0.15, 0.2) is 0 Å². The highest BCUT2D eigenvalue weighted by Gasteiger charge is 2.35. The Balaban J connectivity index is 2.02. The van der Waals surface area contributed by atoms with Crippen molar-refractivity contribution >= 4 is 0 Å². The fourth-order valence-electron chi connectivity index (χ4n) is 2.91. The molecule has 1 N–H and O–H groups in total. The summed E-state index contributed by atoms with van der Waals surface area (Å²) < 4.78 is 6.02. The quantitative estimate of drug-likeness (QED) is 0.876. The highest BCUT2D eigenvalue weighted by atomic mass is 16.5. The number of aliphatic hydroxyl groups excluding tert-OH is 1. The highest BCUT2D eigenvalue weighted by Crippen LogP contribution is 2.37. The first-order chi connectivity index (χ1) is 9.41. The van der Waals surface area contributed by atoms with Crippen LogP contribution in [0.15, 0.2) is 24.3 Å². The standard InChI is InChI=1S/C18H28O2/c1-5-13(2)14-6-8-15(9-7-14)20-17-12-18(3,4)11-10-16(17)19/h6-9,13,16-17,19H,5,10-12H2,1-4H3. The second-order valence-corrected chi connectivity index (χ2v) is 7.01. The van der Waals surface area contributed by atoms with Crippen LogP contribution in [0.1, 0.15) is 64.9 Å². The van der Waals surface area contributed by atoms with Crippen LogP contribution in [0, 0.1) is 5.41 Å². The Morgan fingerprint density at radius 1 is 1.30 bits per heavy atom. The summed E-state index contributed by atoms with van der Waals surface area (Å²) in [5.41, 5.74) is 1.62. The molecule has 1 aromatic carbocycles. The number of hydrogen-bond donors (Lipinski definition) is 1. The van der Waals surface area contributed by atoms with E-state index in [1.54, 1.807) is 0 Å². The van der Waals surface area contributed by atoms with Crippen molar-refractivity contribution in [2.75, 3.05) is 0 Å². The maximum Gasteiger partial charge on any atom is 0.125 e. The van der Waals surface area contributed by atoms with E-state index in [4.69, 9.17) is 4.74 Å². The monoisotopic (exact) mass is 276 g/mol. The van der Waals surface area contributed by atoms with Crippen molar-refractivity contribution in [3.05, 3.63) is 29.8 Å². The maximum atomic E-state index is 10.1. The van der Waals surface area contributed by atoms with Crippen LogP contribution in [0.4, 0.5) is 0 Å². The van der Waals surface area contributed by atoms with Crippen LogP contribution in [-0.4, -0.2) is 17.3 Å². The lowest BCUT2D eigenvalue weighted by Crippen LogP contribution is -2.41. The van der Waals surface area contributed by atoms with Crippen LogP contribution in [0.2, 0.25) is 0 Å². The van der Waals surface area contributed by atoms with Crippen LogP contribution < -0.4 is 4.74 Å². The van der Waals surface area contributed by atoms with E-state index in [0.29, 0.717) is 5.92 Å². The molecule has 3 atom stereocenters. The molecule has 0 radical (unpaired) electrons. The minimum atomic E-state index is -0.336. The van der Waals surface area contributed by atoms with Crippen LogP contribution in [0.3, 0.4) is 0 Å². The molecule has 0 spiro atoms. The van der Waals surface area contributed by atoms with Gasteiger partial charge in [-0.05, 0) is 54.7 Å². The van der Waals surface area contributed by atoms with Crippen LogP contribution in [-0.2, 0) is 0 Å². The van der Waals surface area contributed by atoms with Gasteiger partial charge in [0, 0.05) is 0 Å². The zero-order chi connectivity index (χ0) is 14.8. The number of ether oxygens (including phenoxy) is 1. The van der Waals surface area contributed by atoms with Gasteiger partial charge in [-0.15, -0.1) is 0 Å². The van der Waals surface area contributed by atoms with Gasteiger partial charge in [0.25, 0.3) is 0 Å². The summed E-state index contributed by atoms with van der Waals surface area (Å²) in [6.45, 7) is 8.95. The van der Waals surface area contributed by atoms with Crippen LogP contribution in [0.25, 0.3) is 0 Å². The number of benzene rings is 1. The average molecular weight is 276 g/mol. The first-order valence-electron chi connectivity index (χ1n) is 7.86. The molecule has 1 fully saturated rings. The van der Waals surface area contributed by atoms with Gasteiger partial charge in [0.05, 0.1) is 6.10 Å². The molecule has 2 rings (SSSR count). The molecule has 0 bridgehead atoms. The van der Waals surface area contributed by atoms with Crippen molar-refractivity contribution in [2.45, 2.75) is 71.5 Å². The first kappa shape index (κ1) is 15.4. The summed E-state index contributed by atoms with van der Waals surface area (Å²) in [4.78, 5) is 0. The Labute approximate surface area is 123 Å². The molecule has 1 aliphatic carbocycles. The number of rotatable bonds is 4. The predicted octanol–water partition coefficient (Wildman–Crippen LogP) is 4.52. The smallest absolute Gasteiger partial charge is 0.125 e. The van der Waals surface area contributed by atoms with E-state index in [9.17, 15) is 5.11 Å². The summed E-state index contributed by atoms with van der Waals surface area (Å²) in [6, 6.07) is 8.36. The van der Waals surface area contributed by atoms with Gasteiger partial charge in [-0.1, -0.05) is 39.8 Å². The second kappa shape index (κ2) is 6.17. The fraction of sp³-hybridized carbons (Fsp3) is 0.667. The van der Waals surface area contributed by atoms with Crippen molar-refractivity contribution < 1.29 is 9.84 Å². The van der Waals surface area contributed by atoms with Crippen molar-refractivity contribution in [1.82, 2.24) is 0 Å². The summed E-state index contributed by atoms with van der Waals surface area (Å²) >= 11 is 0. The third kappa shape index (κ3) is 3.76. The van der Waals surface area contributed by atoms with Crippen LogP contribution in [0.5, 0.6) is 5.75 Å². The summed E-state index contributed by atoms with van der Waals surface area (Å²) in [5, 5.41) is 10.1. The largest absolute Gasteiger partial charge is 0.488 e. The van der Waals surface area contributed by atoms with Gasteiger partial charge in [0.2, 0.25) is 0 Å². The van der Waals surface area contributed by atoms with E-state index < -0.39 is 0 Å². The van der Waals surface area contributed by atoms with Gasteiger partial charge < -0.3 is 9.84 Å². The second-order valence-electron chi connectivity index (χ2n) is 7.01. The molecule has 0 heterocycles. The van der Waals surface area contributed by atoms with Crippen molar-refractivity contribution in [3.63, 3.8) is 0 Å². The van der Waals surface area contributed by atoms with E-state index in [0.717, 1.165) is 31.4 Å². The molecule has 20 heavy (non-hydrogen) atoms. The Bertz CT molecular complexity index is 422. The molecular weight excluding hydrogens is 248 g/mol. The number of hydrogen-bond acceptors (Lipinski definition) is 2. The lowest BCUT2D eigenvalue weighted by atomic mass is 9.75. The van der Waals surface area contributed by atoms with Crippen molar-refractivity contribution in [3.8, 4) is 5.75 Å². The van der Waals surface area contributed by atoms with Gasteiger partial charge in [0.1, 0.15) is 11.9 Å². The topological polar surface area (TPSA) is 29.5 Å². The molecule has 112 valence electrons.